The second-order valence-electron chi connectivity index (χ2n) is 3.96. The maximum atomic E-state index is 13.6. The molecule has 0 saturated carbocycles. The molecule has 18 heavy (non-hydrogen) atoms. The van der Waals surface area contributed by atoms with Crippen LogP contribution in [0.5, 0.6) is 0 Å². The molecule has 0 aliphatic rings. The molecule has 0 atom stereocenters. The predicted octanol–water partition coefficient (Wildman–Crippen LogP) is 2.46. The van der Waals surface area contributed by atoms with Gasteiger partial charge in [-0.25, -0.2) is 4.39 Å². The lowest BCUT2D eigenvalue weighted by atomic mass is 10.1. The van der Waals surface area contributed by atoms with Crippen LogP contribution < -0.4 is 0 Å². The van der Waals surface area contributed by atoms with Gasteiger partial charge in [-0.05, 0) is 19.1 Å². The summed E-state index contributed by atoms with van der Waals surface area (Å²) in [6, 6.07) is 4.48. The Kier molecular flexibility index (Phi) is 6.09. The lowest BCUT2D eigenvalue weighted by Gasteiger charge is -2.21. The average Bonchev–Trinajstić information content (AvgIpc) is 2.36. The third-order valence-electron chi connectivity index (χ3n) is 2.56. The highest BCUT2D eigenvalue weighted by Crippen LogP contribution is 2.13. The van der Waals surface area contributed by atoms with E-state index in [1.807, 2.05) is 6.92 Å². The number of alkyl halides is 1. The van der Waals surface area contributed by atoms with Crippen LogP contribution in [-0.2, 0) is 4.74 Å². The molecule has 1 amide bonds. The Morgan fingerprint density at radius 1 is 1.44 bits per heavy atom. The summed E-state index contributed by atoms with van der Waals surface area (Å²) in [6.07, 6.45) is 0. The van der Waals surface area contributed by atoms with Gasteiger partial charge in [0.1, 0.15) is 5.82 Å². The molecule has 1 aromatic carbocycles. The molecule has 0 bridgehead atoms. The predicted molar refractivity (Wildman–Crippen MR) is 69.6 cm³/mol. The normalized spacial score (nSPS) is 10.4. The van der Waals surface area contributed by atoms with Gasteiger partial charge in [-0.2, -0.15) is 0 Å². The van der Waals surface area contributed by atoms with Gasteiger partial charge >= 0.3 is 0 Å². The number of ether oxygens (including phenoxy) is 1. The van der Waals surface area contributed by atoms with Crippen LogP contribution in [0.2, 0.25) is 0 Å². The molecule has 100 valence electrons. The van der Waals surface area contributed by atoms with Crippen LogP contribution in [0.1, 0.15) is 15.9 Å². The average molecular weight is 274 g/mol. The van der Waals surface area contributed by atoms with Crippen LogP contribution in [0.25, 0.3) is 0 Å². The second kappa shape index (κ2) is 7.34. The largest absolute Gasteiger partial charge is 0.383 e. The topological polar surface area (TPSA) is 29.5 Å². The fraction of sp³-hybridized carbons (Fsp3) is 0.462. The molecule has 1 aromatic rings. The SMILES string of the molecule is COCCN(CCCl)C(=O)c1cc(C)ccc1F. The number of amides is 1. The number of carbonyl (C=O) groups is 1. The molecular formula is C13H17ClFNO2. The summed E-state index contributed by atoms with van der Waals surface area (Å²) in [6.45, 7) is 2.99. The van der Waals surface area contributed by atoms with E-state index >= 15 is 0 Å². The fourth-order valence-corrected chi connectivity index (χ4v) is 1.80. The number of methoxy groups -OCH3 is 1. The van der Waals surface area contributed by atoms with Gasteiger partial charge in [0.25, 0.3) is 5.91 Å². The van der Waals surface area contributed by atoms with Gasteiger partial charge < -0.3 is 9.64 Å². The number of hydrogen-bond acceptors (Lipinski definition) is 2. The van der Waals surface area contributed by atoms with Crippen LogP contribution in [0, 0.1) is 12.7 Å². The standard InChI is InChI=1S/C13H17ClFNO2/c1-10-3-4-12(15)11(9-10)13(17)16(6-5-14)7-8-18-2/h3-4,9H,5-8H2,1-2H3. The number of aryl methyl sites for hydroxylation is 1. The van der Waals surface area contributed by atoms with Crippen LogP contribution in [0.4, 0.5) is 4.39 Å². The van der Waals surface area contributed by atoms with E-state index in [4.69, 9.17) is 16.3 Å². The van der Waals surface area contributed by atoms with Crippen molar-refractivity contribution in [2.45, 2.75) is 6.92 Å². The molecule has 0 spiro atoms. The zero-order chi connectivity index (χ0) is 13.5. The van der Waals surface area contributed by atoms with Crippen LogP contribution in [0.3, 0.4) is 0 Å². The van der Waals surface area contributed by atoms with E-state index in [-0.39, 0.29) is 11.5 Å². The summed E-state index contributed by atoms with van der Waals surface area (Å²) in [5, 5.41) is 0. The summed E-state index contributed by atoms with van der Waals surface area (Å²) in [5.74, 6) is -0.556. The first-order valence-corrected chi connectivity index (χ1v) is 6.24. The first kappa shape index (κ1) is 14.9. The van der Waals surface area contributed by atoms with E-state index in [1.165, 1.54) is 11.0 Å². The molecule has 3 nitrogen and oxygen atoms in total. The summed E-state index contributed by atoms with van der Waals surface area (Å²) < 4.78 is 18.6. The lowest BCUT2D eigenvalue weighted by molar-refractivity contribution is 0.0703. The quantitative estimate of drug-likeness (QED) is 0.745. The number of hydrogen-bond donors (Lipinski definition) is 0. The summed E-state index contributed by atoms with van der Waals surface area (Å²) >= 11 is 5.65. The first-order valence-electron chi connectivity index (χ1n) is 5.70. The third-order valence-corrected chi connectivity index (χ3v) is 2.73. The molecule has 0 aromatic heterocycles. The monoisotopic (exact) mass is 273 g/mol. The Hall–Kier alpha value is -1.13. The minimum atomic E-state index is -0.511. The van der Waals surface area contributed by atoms with Crippen molar-refractivity contribution in [3.63, 3.8) is 0 Å². The van der Waals surface area contributed by atoms with Crippen molar-refractivity contribution in [3.8, 4) is 0 Å². The van der Waals surface area contributed by atoms with Gasteiger partial charge in [0.15, 0.2) is 0 Å². The Labute approximate surface area is 111 Å². The Balaban J connectivity index is 2.90. The van der Waals surface area contributed by atoms with Crippen LogP contribution in [0.15, 0.2) is 18.2 Å². The van der Waals surface area contributed by atoms with E-state index in [2.05, 4.69) is 0 Å². The van der Waals surface area contributed by atoms with Gasteiger partial charge in [-0.15, -0.1) is 11.6 Å². The summed E-state index contributed by atoms with van der Waals surface area (Å²) in [5.41, 5.74) is 0.925. The van der Waals surface area contributed by atoms with Crippen molar-refractivity contribution in [1.82, 2.24) is 4.90 Å². The van der Waals surface area contributed by atoms with Crippen molar-refractivity contribution in [2.24, 2.45) is 0 Å². The molecule has 0 N–H and O–H groups in total. The number of carbonyl (C=O) groups excluding carboxylic acids is 1. The highest BCUT2D eigenvalue weighted by molar-refractivity contribution is 6.18. The van der Waals surface area contributed by atoms with E-state index in [1.54, 1.807) is 19.2 Å². The minimum Gasteiger partial charge on any atom is -0.383 e. The fourth-order valence-electron chi connectivity index (χ4n) is 1.59. The molecule has 0 unspecified atom stereocenters. The summed E-state index contributed by atoms with van der Waals surface area (Å²) in [7, 11) is 1.55. The Morgan fingerprint density at radius 2 is 2.17 bits per heavy atom. The highest BCUT2D eigenvalue weighted by Gasteiger charge is 2.18. The Bertz CT molecular complexity index is 412. The zero-order valence-electron chi connectivity index (χ0n) is 10.6. The number of benzene rings is 1. The van der Waals surface area contributed by atoms with Gasteiger partial charge in [-0.3, -0.25) is 4.79 Å². The zero-order valence-corrected chi connectivity index (χ0v) is 11.3. The first-order chi connectivity index (χ1) is 8.60. The molecule has 0 radical (unpaired) electrons. The highest BCUT2D eigenvalue weighted by atomic mass is 35.5. The third kappa shape index (κ3) is 3.96. The van der Waals surface area contributed by atoms with Gasteiger partial charge in [-0.1, -0.05) is 11.6 Å². The van der Waals surface area contributed by atoms with Crippen molar-refractivity contribution in [2.75, 3.05) is 32.7 Å². The number of nitrogens with zero attached hydrogens (tertiary/aromatic N) is 1. The van der Waals surface area contributed by atoms with Crippen molar-refractivity contribution in [3.05, 3.63) is 35.1 Å². The summed E-state index contributed by atoms with van der Waals surface area (Å²) in [4.78, 5) is 13.7. The van der Waals surface area contributed by atoms with Gasteiger partial charge in [0, 0.05) is 26.1 Å². The molecule has 5 heteroatoms. The van der Waals surface area contributed by atoms with Crippen molar-refractivity contribution >= 4 is 17.5 Å². The molecule has 0 aliphatic carbocycles. The van der Waals surface area contributed by atoms with Gasteiger partial charge in [0.2, 0.25) is 0 Å². The van der Waals surface area contributed by atoms with E-state index in [9.17, 15) is 9.18 Å². The maximum Gasteiger partial charge on any atom is 0.256 e. The lowest BCUT2D eigenvalue weighted by Crippen LogP contribution is -2.36. The van der Waals surface area contributed by atoms with E-state index < -0.39 is 5.82 Å². The van der Waals surface area contributed by atoms with Crippen molar-refractivity contribution in [1.29, 1.82) is 0 Å². The van der Waals surface area contributed by atoms with Gasteiger partial charge in [0.05, 0.1) is 12.2 Å². The number of halogens is 2. The molecule has 0 fully saturated rings. The number of rotatable bonds is 6. The molecule has 0 heterocycles. The van der Waals surface area contributed by atoms with Crippen LogP contribution >= 0.6 is 11.6 Å². The Morgan fingerprint density at radius 3 is 2.78 bits per heavy atom. The van der Waals surface area contributed by atoms with E-state index in [0.717, 1.165) is 5.56 Å². The second-order valence-corrected chi connectivity index (χ2v) is 4.34. The van der Waals surface area contributed by atoms with E-state index in [0.29, 0.717) is 25.6 Å². The minimum absolute atomic E-state index is 0.0798. The molecule has 0 aliphatic heterocycles. The van der Waals surface area contributed by atoms with Crippen molar-refractivity contribution < 1.29 is 13.9 Å². The maximum absolute atomic E-state index is 13.6. The van der Waals surface area contributed by atoms with Crippen LogP contribution in [-0.4, -0.2) is 43.5 Å². The molecule has 0 saturated heterocycles. The smallest absolute Gasteiger partial charge is 0.256 e. The molecular weight excluding hydrogens is 257 g/mol. The molecule has 1 rings (SSSR count).